The van der Waals surface area contributed by atoms with Crippen LogP contribution in [0.2, 0.25) is 0 Å². The molecule has 1 aliphatic heterocycles. The van der Waals surface area contributed by atoms with Crippen molar-refractivity contribution in [3.05, 3.63) is 71.7 Å². The quantitative estimate of drug-likeness (QED) is 0.728. The number of benzene rings is 1. The van der Waals surface area contributed by atoms with Gasteiger partial charge in [0.25, 0.3) is 5.91 Å². The second kappa shape index (κ2) is 7.30. The molecule has 0 saturated carbocycles. The number of pyridine rings is 1. The van der Waals surface area contributed by atoms with Crippen molar-refractivity contribution >= 4 is 11.6 Å². The molecule has 134 valence electrons. The SMILES string of the molecule is Cc1cn2cc(C(=O)N3CCN(CCc4ccccc4)CC3)ccc2n1. The topological polar surface area (TPSA) is 40.9 Å². The van der Waals surface area contributed by atoms with E-state index in [1.54, 1.807) is 0 Å². The first-order valence-corrected chi connectivity index (χ1v) is 9.20. The molecule has 26 heavy (non-hydrogen) atoms. The molecule has 0 bridgehead atoms. The van der Waals surface area contributed by atoms with Gasteiger partial charge in [0.15, 0.2) is 0 Å². The second-order valence-electron chi connectivity index (χ2n) is 6.93. The van der Waals surface area contributed by atoms with E-state index in [0.717, 1.165) is 56.0 Å². The maximum atomic E-state index is 12.8. The maximum Gasteiger partial charge on any atom is 0.255 e. The van der Waals surface area contributed by atoms with Crippen molar-refractivity contribution < 1.29 is 4.79 Å². The van der Waals surface area contributed by atoms with Gasteiger partial charge in [-0.1, -0.05) is 30.3 Å². The summed E-state index contributed by atoms with van der Waals surface area (Å²) in [6.45, 7) is 6.45. The molecule has 1 amide bonds. The minimum Gasteiger partial charge on any atom is -0.336 e. The number of amides is 1. The Morgan fingerprint density at radius 2 is 1.77 bits per heavy atom. The number of carbonyl (C=O) groups excluding carboxylic acids is 1. The Bertz CT molecular complexity index is 895. The third-order valence-electron chi connectivity index (χ3n) is 5.04. The normalized spacial score (nSPS) is 15.5. The summed E-state index contributed by atoms with van der Waals surface area (Å²) in [6, 6.07) is 14.4. The predicted molar refractivity (Wildman–Crippen MR) is 102 cm³/mol. The zero-order valence-corrected chi connectivity index (χ0v) is 15.1. The molecule has 3 heterocycles. The Morgan fingerprint density at radius 1 is 1.00 bits per heavy atom. The van der Waals surface area contributed by atoms with Crippen molar-refractivity contribution in [2.75, 3.05) is 32.7 Å². The highest BCUT2D eigenvalue weighted by atomic mass is 16.2. The zero-order valence-electron chi connectivity index (χ0n) is 15.1. The van der Waals surface area contributed by atoms with Crippen LogP contribution in [0.5, 0.6) is 0 Å². The smallest absolute Gasteiger partial charge is 0.255 e. The fourth-order valence-electron chi connectivity index (χ4n) is 3.53. The van der Waals surface area contributed by atoms with E-state index in [1.807, 2.05) is 40.8 Å². The third kappa shape index (κ3) is 3.63. The van der Waals surface area contributed by atoms with E-state index in [1.165, 1.54) is 5.56 Å². The average Bonchev–Trinajstić information content (AvgIpc) is 3.06. The number of aromatic nitrogens is 2. The number of imidazole rings is 1. The first-order valence-electron chi connectivity index (χ1n) is 9.20. The second-order valence-corrected chi connectivity index (χ2v) is 6.93. The van der Waals surface area contributed by atoms with E-state index in [4.69, 9.17) is 0 Å². The number of hydrogen-bond acceptors (Lipinski definition) is 3. The van der Waals surface area contributed by atoms with Gasteiger partial charge in [-0.2, -0.15) is 0 Å². The van der Waals surface area contributed by atoms with Gasteiger partial charge >= 0.3 is 0 Å². The molecule has 0 N–H and O–H groups in total. The minimum atomic E-state index is 0.112. The number of carbonyl (C=O) groups is 1. The molecular formula is C21H24N4O. The molecule has 2 aromatic heterocycles. The molecule has 1 fully saturated rings. The lowest BCUT2D eigenvalue weighted by atomic mass is 10.1. The zero-order chi connectivity index (χ0) is 17.9. The summed E-state index contributed by atoms with van der Waals surface area (Å²) < 4.78 is 1.93. The fourth-order valence-corrected chi connectivity index (χ4v) is 3.53. The van der Waals surface area contributed by atoms with Crippen molar-refractivity contribution in [2.45, 2.75) is 13.3 Å². The van der Waals surface area contributed by atoms with Crippen molar-refractivity contribution in [2.24, 2.45) is 0 Å². The summed E-state index contributed by atoms with van der Waals surface area (Å²) in [5.74, 6) is 0.112. The van der Waals surface area contributed by atoms with Gasteiger partial charge in [-0.3, -0.25) is 9.69 Å². The van der Waals surface area contributed by atoms with Gasteiger partial charge in [0, 0.05) is 45.1 Å². The molecule has 3 aromatic rings. The summed E-state index contributed by atoms with van der Waals surface area (Å²) in [5.41, 5.74) is 3.94. The largest absolute Gasteiger partial charge is 0.336 e. The van der Waals surface area contributed by atoms with Crippen LogP contribution in [0.15, 0.2) is 54.9 Å². The molecule has 0 radical (unpaired) electrons. The fraction of sp³-hybridized carbons (Fsp3) is 0.333. The van der Waals surface area contributed by atoms with Crippen LogP contribution in [0.4, 0.5) is 0 Å². The number of fused-ring (bicyclic) bond motifs is 1. The van der Waals surface area contributed by atoms with Crippen LogP contribution in [0.25, 0.3) is 5.65 Å². The van der Waals surface area contributed by atoms with Crippen molar-refractivity contribution in [3.8, 4) is 0 Å². The van der Waals surface area contributed by atoms with Crippen molar-refractivity contribution in [1.29, 1.82) is 0 Å². The minimum absolute atomic E-state index is 0.112. The number of piperazine rings is 1. The van der Waals surface area contributed by atoms with Crippen LogP contribution in [0.1, 0.15) is 21.6 Å². The van der Waals surface area contributed by atoms with E-state index >= 15 is 0 Å². The van der Waals surface area contributed by atoms with Gasteiger partial charge in [-0.25, -0.2) is 4.98 Å². The first-order chi connectivity index (χ1) is 12.7. The van der Waals surface area contributed by atoms with E-state index in [0.29, 0.717) is 0 Å². The molecule has 5 heteroatoms. The lowest BCUT2D eigenvalue weighted by molar-refractivity contribution is 0.0638. The third-order valence-corrected chi connectivity index (χ3v) is 5.04. The van der Waals surface area contributed by atoms with Crippen LogP contribution in [0.3, 0.4) is 0 Å². The van der Waals surface area contributed by atoms with Crippen LogP contribution in [0, 0.1) is 6.92 Å². The van der Waals surface area contributed by atoms with Gasteiger partial charge in [0.05, 0.1) is 11.3 Å². The number of hydrogen-bond donors (Lipinski definition) is 0. The number of rotatable bonds is 4. The Morgan fingerprint density at radius 3 is 2.54 bits per heavy atom. The first kappa shape index (κ1) is 16.8. The molecule has 0 spiro atoms. The highest BCUT2D eigenvalue weighted by Gasteiger charge is 2.22. The van der Waals surface area contributed by atoms with Crippen molar-refractivity contribution in [1.82, 2.24) is 19.2 Å². The Balaban J connectivity index is 1.34. The monoisotopic (exact) mass is 348 g/mol. The van der Waals surface area contributed by atoms with Gasteiger partial charge in [0.1, 0.15) is 5.65 Å². The molecule has 1 aromatic carbocycles. The highest BCUT2D eigenvalue weighted by molar-refractivity contribution is 5.94. The molecular weight excluding hydrogens is 324 g/mol. The van der Waals surface area contributed by atoms with Crippen molar-refractivity contribution in [3.63, 3.8) is 0 Å². The highest BCUT2D eigenvalue weighted by Crippen LogP contribution is 2.12. The predicted octanol–water partition coefficient (Wildman–Crippen LogP) is 2.64. The van der Waals surface area contributed by atoms with E-state index in [2.05, 4.69) is 40.2 Å². The maximum absolute atomic E-state index is 12.8. The molecule has 0 aliphatic carbocycles. The number of nitrogens with zero attached hydrogens (tertiary/aromatic N) is 4. The van der Waals surface area contributed by atoms with Gasteiger partial charge < -0.3 is 9.30 Å². The lowest BCUT2D eigenvalue weighted by Gasteiger charge is -2.34. The summed E-state index contributed by atoms with van der Waals surface area (Å²) >= 11 is 0. The Kier molecular flexibility index (Phi) is 4.71. The summed E-state index contributed by atoms with van der Waals surface area (Å²) in [7, 11) is 0. The van der Waals surface area contributed by atoms with Crippen LogP contribution < -0.4 is 0 Å². The number of aryl methyl sites for hydroxylation is 1. The van der Waals surface area contributed by atoms with E-state index < -0.39 is 0 Å². The molecule has 5 nitrogen and oxygen atoms in total. The Labute approximate surface area is 153 Å². The average molecular weight is 348 g/mol. The lowest BCUT2D eigenvalue weighted by Crippen LogP contribution is -2.49. The van der Waals surface area contributed by atoms with Crippen LogP contribution >= 0.6 is 0 Å². The summed E-state index contributed by atoms with van der Waals surface area (Å²) in [6.07, 6.45) is 4.90. The molecule has 0 atom stereocenters. The van der Waals surface area contributed by atoms with Gasteiger partial charge in [-0.15, -0.1) is 0 Å². The molecule has 4 rings (SSSR count). The van der Waals surface area contributed by atoms with Gasteiger partial charge in [0.2, 0.25) is 0 Å². The van der Waals surface area contributed by atoms with E-state index in [9.17, 15) is 4.79 Å². The standard InChI is InChI=1S/C21H24N4O/c1-17-15-25-16-19(7-8-20(25)22-17)21(26)24-13-11-23(12-14-24)10-9-18-5-3-2-4-6-18/h2-8,15-16H,9-14H2,1H3. The summed E-state index contributed by atoms with van der Waals surface area (Å²) in [4.78, 5) is 21.6. The van der Waals surface area contributed by atoms with Crippen LogP contribution in [-0.4, -0.2) is 57.8 Å². The summed E-state index contributed by atoms with van der Waals surface area (Å²) in [5, 5.41) is 0. The molecule has 1 aliphatic rings. The molecule has 1 saturated heterocycles. The Hall–Kier alpha value is -2.66. The van der Waals surface area contributed by atoms with E-state index in [-0.39, 0.29) is 5.91 Å². The molecule has 0 unspecified atom stereocenters. The van der Waals surface area contributed by atoms with Crippen LogP contribution in [-0.2, 0) is 6.42 Å². The van der Waals surface area contributed by atoms with Gasteiger partial charge in [-0.05, 0) is 31.0 Å².